The molecule has 0 saturated carbocycles. The fraction of sp³-hybridized carbons (Fsp3) is 0.458. The average molecular weight is 380 g/mol. The number of hydrogen-bond acceptors (Lipinski definition) is 3. The summed E-state index contributed by atoms with van der Waals surface area (Å²) in [5, 5.41) is 9.65. The predicted octanol–water partition coefficient (Wildman–Crippen LogP) is 4.44. The van der Waals surface area contributed by atoms with Crippen molar-refractivity contribution >= 4 is 5.91 Å². The van der Waals surface area contributed by atoms with Crippen LogP contribution in [0.15, 0.2) is 48.5 Å². The second-order valence-electron chi connectivity index (χ2n) is 8.32. The first-order chi connectivity index (χ1) is 13.6. The Labute approximate surface area is 167 Å². The van der Waals surface area contributed by atoms with E-state index in [0.717, 1.165) is 67.8 Å². The maximum Gasteiger partial charge on any atom is 0.253 e. The molecule has 2 saturated heterocycles. The summed E-state index contributed by atoms with van der Waals surface area (Å²) in [5.74, 6) is 0.140. The first-order valence-corrected chi connectivity index (χ1v) is 10.3. The predicted molar refractivity (Wildman–Crippen MR) is 110 cm³/mol. The normalized spacial score (nSPS) is 20.1. The number of nitrogens with zero attached hydrogens (tertiary/aromatic N) is 1. The van der Waals surface area contributed by atoms with E-state index in [1.165, 1.54) is 6.42 Å². The third kappa shape index (κ3) is 3.98. The third-order valence-electron chi connectivity index (χ3n) is 6.36. The SMILES string of the molecule is C[C@H](O)c1ccc(-c2ccc(C(=O)N3CCCC4(CCOCC4)C3)cc2)cc1. The van der Waals surface area contributed by atoms with E-state index in [1.807, 2.05) is 53.4 Å². The topological polar surface area (TPSA) is 49.8 Å². The zero-order valence-electron chi connectivity index (χ0n) is 16.6. The summed E-state index contributed by atoms with van der Waals surface area (Å²) >= 11 is 0. The van der Waals surface area contributed by atoms with E-state index in [1.54, 1.807) is 6.92 Å². The van der Waals surface area contributed by atoms with Crippen LogP contribution in [0.1, 0.15) is 54.6 Å². The molecule has 1 spiro atoms. The monoisotopic (exact) mass is 379 g/mol. The molecule has 2 fully saturated rings. The van der Waals surface area contributed by atoms with Gasteiger partial charge in [-0.1, -0.05) is 36.4 Å². The van der Waals surface area contributed by atoms with Crippen LogP contribution in [0.2, 0.25) is 0 Å². The minimum absolute atomic E-state index is 0.140. The number of aliphatic hydroxyl groups excluding tert-OH is 1. The molecule has 2 aliphatic rings. The number of benzene rings is 2. The summed E-state index contributed by atoms with van der Waals surface area (Å²) in [5.41, 5.74) is 4.09. The first kappa shape index (κ1) is 19.2. The molecule has 28 heavy (non-hydrogen) atoms. The van der Waals surface area contributed by atoms with E-state index < -0.39 is 6.10 Å². The molecule has 2 aliphatic heterocycles. The summed E-state index contributed by atoms with van der Waals surface area (Å²) in [4.78, 5) is 15.1. The second-order valence-corrected chi connectivity index (χ2v) is 8.32. The van der Waals surface area contributed by atoms with Crippen LogP contribution in [0.3, 0.4) is 0 Å². The van der Waals surface area contributed by atoms with Crippen LogP contribution in [0.4, 0.5) is 0 Å². The van der Waals surface area contributed by atoms with E-state index in [-0.39, 0.29) is 11.3 Å². The molecular formula is C24H29NO3. The van der Waals surface area contributed by atoms with Crippen molar-refractivity contribution in [1.82, 2.24) is 4.90 Å². The molecule has 148 valence electrons. The molecule has 4 heteroatoms. The van der Waals surface area contributed by atoms with Crippen molar-refractivity contribution in [2.24, 2.45) is 5.41 Å². The minimum Gasteiger partial charge on any atom is -0.389 e. The number of rotatable bonds is 3. The molecule has 1 amide bonds. The molecule has 0 aliphatic carbocycles. The minimum atomic E-state index is -0.461. The molecular weight excluding hydrogens is 350 g/mol. The van der Waals surface area contributed by atoms with Gasteiger partial charge in [0.2, 0.25) is 0 Å². The highest BCUT2D eigenvalue weighted by Gasteiger charge is 2.38. The highest BCUT2D eigenvalue weighted by Crippen LogP contribution is 2.39. The van der Waals surface area contributed by atoms with E-state index in [4.69, 9.17) is 4.74 Å². The van der Waals surface area contributed by atoms with Gasteiger partial charge in [0.25, 0.3) is 5.91 Å². The number of aliphatic hydroxyl groups is 1. The van der Waals surface area contributed by atoms with Gasteiger partial charge in [0, 0.05) is 31.9 Å². The van der Waals surface area contributed by atoms with Crippen LogP contribution >= 0.6 is 0 Å². The van der Waals surface area contributed by atoms with Gasteiger partial charge in [-0.15, -0.1) is 0 Å². The first-order valence-electron chi connectivity index (χ1n) is 10.3. The number of carbonyl (C=O) groups is 1. The molecule has 2 heterocycles. The Balaban J connectivity index is 1.46. The van der Waals surface area contributed by atoms with Crippen LogP contribution in [0, 0.1) is 5.41 Å². The van der Waals surface area contributed by atoms with Gasteiger partial charge < -0.3 is 14.7 Å². The molecule has 2 aromatic carbocycles. The van der Waals surface area contributed by atoms with Crippen LogP contribution in [-0.4, -0.2) is 42.2 Å². The molecule has 4 rings (SSSR count). The summed E-state index contributed by atoms with van der Waals surface area (Å²) < 4.78 is 5.54. The molecule has 1 N–H and O–H groups in total. The smallest absolute Gasteiger partial charge is 0.253 e. The highest BCUT2D eigenvalue weighted by atomic mass is 16.5. The zero-order chi connectivity index (χ0) is 19.6. The fourth-order valence-electron chi connectivity index (χ4n) is 4.54. The number of hydrogen-bond donors (Lipinski definition) is 1. The summed E-state index contributed by atoms with van der Waals surface area (Å²) in [6.07, 6.45) is 3.97. The van der Waals surface area contributed by atoms with Crippen molar-refractivity contribution in [3.05, 3.63) is 59.7 Å². The Bertz CT molecular complexity index is 799. The second kappa shape index (κ2) is 8.06. The van der Waals surface area contributed by atoms with Crippen molar-refractivity contribution in [1.29, 1.82) is 0 Å². The van der Waals surface area contributed by atoms with Gasteiger partial charge in [-0.3, -0.25) is 4.79 Å². The summed E-state index contributed by atoms with van der Waals surface area (Å²) in [6, 6.07) is 15.8. The molecule has 0 aromatic heterocycles. The number of piperidine rings is 1. The standard InChI is InChI=1S/C24H29NO3/c1-18(26)19-3-5-20(6-4-19)21-7-9-22(10-8-21)23(27)25-14-2-11-24(17-25)12-15-28-16-13-24/h3-10,18,26H,2,11-17H2,1H3/t18-/m0/s1. The maximum absolute atomic E-state index is 13.1. The van der Waals surface area contributed by atoms with Crippen molar-refractivity contribution < 1.29 is 14.6 Å². The van der Waals surface area contributed by atoms with Crippen molar-refractivity contribution in [3.8, 4) is 11.1 Å². The summed E-state index contributed by atoms with van der Waals surface area (Å²) in [6.45, 7) is 5.12. The Hall–Kier alpha value is -2.17. The number of ether oxygens (including phenoxy) is 1. The van der Waals surface area contributed by atoms with E-state index in [0.29, 0.717) is 0 Å². The fourth-order valence-corrected chi connectivity index (χ4v) is 4.54. The van der Waals surface area contributed by atoms with Gasteiger partial charge in [0.05, 0.1) is 6.10 Å². The molecule has 1 atom stereocenters. The molecule has 0 bridgehead atoms. The maximum atomic E-state index is 13.1. The van der Waals surface area contributed by atoms with Gasteiger partial charge in [-0.05, 0) is 66.8 Å². The zero-order valence-corrected chi connectivity index (χ0v) is 16.6. The van der Waals surface area contributed by atoms with Gasteiger partial charge in [0.15, 0.2) is 0 Å². The van der Waals surface area contributed by atoms with Gasteiger partial charge in [0.1, 0.15) is 0 Å². The third-order valence-corrected chi connectivity index (χ3v) is 6.36. The lowest BCUT2D eigenvalue weighted by molar-refractivity contribution is -0.0229. The lowest BCUT2D eigenvalue weighted by Gasteiger charge is -2.45. The molecule has 0 unspecified atom stereocenters. The average Bonchev–Trinajstić information content (AvgIpc) is 2.74. The Kier molecular flexibility index (Phi) is 5.51. The molecule has 2 aromatic rings. The quantitative estimate of drug-likeness (QED) is 0.858. The Morgan fingerprint density at radius 3 is 2.21 bits per heavy atom. The van der Waals surface area contributed by atoms with Crippen molar-refractivity contribution in [2.45, 2.75) is 38.7 Å². The lowest BCUT2D eigenvalue weighted by atomic mass is 9.74. The number of carbonyl (C=O) groups excluding carboxylic acids is 1. The van der Waals surface area contributed by atoms with Crippen LogP contribution in [0.5, 0.6) is 0 Å². The molecule has 0 radical (unpaired) electrons. The van der Waals surface area contributed by atoms with Gasteiger partial charge in [-0.2, -0.15) is 0 Å². The van der Waals surface area contributed by atoms with Crippen LogP contribution < -0.4 is 0 Å². The Morgan fingerprint density at radius 1 is 1.00 bits per heavy atom. The van der Waals surface area contributed by atoms with E-state index in [2.05, 4.69) is 0 Å². The highest BCUT2D eigenvalue weighted by molar-refractivity contribution is 5.94. The van der Waals surface area contributed by atoms with Gasteiger partial charge in [-0.25, -0.2) is 0 Å². The van der Waals surface area contributed by atoms with Crippen molar-refractivity contribution in [3.63, 3.8) is 0 Å². The lowest BCUT2D eigenvalue weighted by Crippen LogP contribution is -2.48. The number of likely N-dealkylation sites (tertiary alicyclic amines) is 1. The van der Waals surface area contributed by atoms with Crippen molar-refractivity contribution in [2.75, 3.05) is 26.3 Å². The van der Waals surface area contributed by atoms with Gasteiger partial charge >= 0.3 is 0 Å². The van der Waals surface area contributed by atoms with E-state index in [9.17, 15) is 9.90 Å². The van der Waals surface area contributed by atoms with Crippen LogP contribution in [0.25, 0.3) is 11.1 Å². The summed E-state index contributed by atoms with van der Waals surface area (Å²) in [7, 11) is 0. The van der Waals surface area contributed by atoms with Crippen LogP contribution in [-0.2, 0) is 4.74 Å². The molecule has 4 nitrogen and oxygen atoms in total. The van der Waals surface area contributed by atoms with E-state index >= 15 is 0 Å². The Morgan fingerprint density at radius 2 is 1.61 bits per heavy atom. The number of amides is 1. The largest absolute Gasteiger partial charge is 0.389 e.